The van der Waals surface area contributed by atoms with Crippen LogP contribution in [0.2, 0.25) is 0 Å². The summed E-state index contributed by atoms with van der Waals surface area (Å²) in [5, 5.41) is 10.1. The van der Waals surface area contributed by atoms with Crippen molar-refractivity contribution in [1.29, 1.82) is 0 Å². The molecule has 0 spiro atoms. The van der Waals surface area contributed by atoms with Gasteiger partial charge in [-0.15, -0.1) is 0 Å². The van der Waals surface area contributed by atoms with Gasteiger partial charge in [-0.25, -0.2) is 9.38 Å². The lowest BCUT2D eigenvalue weighted by Gasteiger charge is -2.30. The maximum absolute atomic E-state index is 13.8. The van der Waals surface area contributed by atoms with Gasteiger partial charge in [-0.3, -0.25) is 9.36 Å². The summed E-state index contributed by atoms with van der Waals surface area (Å²) in [4.78, 5) is 19.4. The lowest BCUT2D eigenvalue weighted by atomic mass is 9.83. The summed E-state index contributed by atoms with van der Waals surface area (Å²) in [6.45, 7) is 0. The van der Waals surface area contributed by atoms with E-state index in [9.17, 15) is 14.3 Å². The van der Waals surface area contributed by atoms with Gasteiger partial charge in [0.1, 0.15) is 11.6 Å². The number of phenolic OH excluding ortho intramolecular Hbond substituents is 1. The van der Waals surface area contributed by atoms with Crippen molar-refractivity contribution in [2.45, 2.75) is 18.9 Å². The van der Waals surface area contributed by atoms with Crippen LogP contribution in [0.3, 0.4) is 0 Å². The zero-order valence-electron chi connectivity index (χ0n) is 18.1. The Bertz CT molecular complexity index is 1700. The van der Waals surface area contributed by atoms with Crippen molar-refractivity contribution in [3.8, 4) is 5.75 Å². The van der Waals surface area contributed by atoms with Crippen molar-refractivity contribution >= 4 is 68.3 Å². The Kier molecular flexibility index (Phi) is 5.92. The third-order valence-electron chi connectivity index (χ3n) is 6.40. The second-order valence-corrected chi connectivity index (χ2v) is 11.8. The van der Waals surface area contributed by atoms with Crippen molar-refractivity contribution in [1.82, 2.24) is 4.57 Å². The fraction of sp³-hybridized carbons (Fsp3) is 0.111. The summed E-state index contributed by atoms with van der Waals surface area (Å²) >= 11 is 5.54. The van der Waals surface area contributed by atoms with E-state index in [-0.39, 0.29) is 23.2 Å². The Labute approximate surface area is 231 Å². The van der Waals surface area contributed by atoms with Crippen LogP contribution in [-0.4, -0.2) is 9.67 Å². The van der Waals surface area contributed by atoms with Crippen molar-refractivity contribution in [2.75, 3.05) is 0 Å². The normalized spacial score (nSPS) is 17.0. The minimum Gasteiger partial charge on any atom is -0.506 e. The smallest absolute Gasteiger partial charge is 0.271 e. The first kappa shape index (κ1) is 23.1. The van der Waals surface area contributed by atoms with Gasteiger partial charge in [0.15, 0.2) is 4.80 Å². The molecule has 174 valence electrons. The van der Waals surface area contributed by atoms with E-state index < -0.39 is 0 Å². The van der Waals surface area contributed by atoms with Crippen LogP contribution < -0.4 is 14.9 Å². The Morgan fingerprint density at radius 2 is 1.77 bits per heavy atom. The Balaban J connectivity index is 1.62. The van der Waals surface area contributed by atoms with Crippen LogP contribution in [0.5, 0.6) is 5.75 Å². The van der Waals surface area contributed by atoms with Gasteiger partial charge in [0.25, 0.3) is 5.56 Å². The molecule has 1 aromatic heterocycles. The fourth-order valence-corrected chi connectivity index (χ4v) is 7.60. The average Bonchev–Trinajstić information content (AvgIpc) is 3.16. The summed E-state index contributed by atoms with van der Waals surface area (Å²) < 4.78 is 17.6. The van der Waals surface area contributed by atoms with Gasteiger partial charge >= 0.3 is 0 Å². The van der Waals surface area contributed by atoms with E-state index in [1.54, 1.807) is 16.7 Å². The molecule has 1 N–H and O–H groups in total. The van der Waals surface area contributed by atoms with Crippen molar-refractivity contribution in [2.24, 2.45) is 4.99 Å². The number of nitrogens with zero attached hydrogens (tertiary/aromatic N) is 2. The lowest BCUT2D eigenvalue weighted by Crippen LogP contribution is -2.38. The lowest BCUT2D eigenvalue weighted by molar-refractivity contribution is 0.467. The highest BCUT2D eigenvalue weighted by molar-refractivity contribution is 14.1. The molecule has 1 aliphatic heterocycles. The topological polar surface area (TPSA) is 54.6 Å². The SMILES string of the molecule is O=c1/c(=C\c2cc(I)c(O)c(I)c2)sc2n1[C@@H](c1ccc(F)cc1)C1=C(N=2)c2ccccc2CC1. The van der Waals surface area contributed by atoms with Crippen molar-refractivity contribution in [3.05, 3.63) is 121 Å². The molecule has 3 aromatic carbocycles. The third kappa shape index (κ3) is 3.99. The largest absolute Gasteiger partial charge is 0.506 e. The summed E-state index contributed by atoms with van der Waals surface area (Å²) in [7, 11) is 0. The number of hydrogen-bond acceptors (Lipinski definition) is 4. The summed E-state index contributed by atoms with van der Waals surface area (Å²) in [5.74, 6) is -0.0617. The molecule has 4 nitrogen and oxygen atoms in total. The molecule has 0 fully saturated rings. The number of fused-ring (bicyclic) bond motifs is 3. The van der Waals surface area contributed by atoms with E-state index in [1.165, 1.54) is 29.0 Å². The Morgan fingerprint density at radius 1 is 1.06 bits per heavy atom. The molecule has 0 bridgehead atoms. The van der Waals surface area contributed by atoms with Crippen LogP contribution in [0.15, 0.2) is 76.0 Å². The quantitative estimate of drug-likeness (QED) is 0.285. The number of phenols is 1. The van der Waals surface area contributed by atoms with Gasteiger partial charge < -0.3 is 5.11 Å². The fourth-order valence-electron chi connectivity index (χ4n) is 4.79. The highest BCUT2D eigenvalue weighted by Gasteiger charge is 2.32. The van der Waals surface area contributed by atoms with Crippen LogP contribution in [0.1, 0.15) is 34.7 Å². The van der Waals surface area contributed by atoms with Gasteiger partial charge in [-0.05, 0) is 111 Å². The number of hydrogen-bond donors (Lipinski definition) is 1. The molecular weight excluding hydrogens is 689 g/mol. The van der Waals surface area contributed by atoms with Crippen molar-refractivity contribution in [3.63, 3.8) is 0 Å². The number of halogens is 3. The van der Waals surface area contributed by atoms with E-state index in [0.29, 0.717) is 9.33 Å². The highest BCUT2D eigenvalue weighted by atomic mass is 127. The minimum atomic E-state index is -0.336. The van der Waals surface area contributed by atoms with Crippen LogP contribution in [0.25, 0.3) is 11.8 Å². The molecule has 1 atom stereocenters. The van der Waals surface area contributed by atoms with Crippen LogP contribution in [0, 0.1) is 13.0 Å². The van der Waals surface area contributed by atoms with Crippen LogP contribution >= 0.6 is 56.5 Å². The third-order valence-corrected chi connectivity index (χ3v) is 9.02. The van der Waals surface area contributed by atoms with Gasteiger partial charge in [-0.2, -0.15) is 0 Å². The highest BCUT2D eigenvalue weighted by Crippen LogP contribution is 2.41. The molecule has 6 rings (SSSR count). The van der Waals surface area contributed by atoms with Crippen molar-refractivity contribution < 1.29 is 9.50 Å². The molecule has 0 unspecified atom stereocenters. The summed E-state index contributed by atoms with van der Waals surface area (Å²) in [5.41, 5.74) is 5.95. The van der Waals surface area contributed by atoms with E-state index in [1.807, 2.05) is 30.3 Å². The van der Waals surface area contributed by atoms with E-state index in [4.69, 9.17) is 4.99 Å². The molecule has 2 heterocycles. The molecular formula is C27H17FI2N2O2S. The predicted octanol–water partition coefficient (Wildman–Crippen LogP) is 5.37. The molecule has 35 heavy (non-hydrogen) atoms. The maximum Gasteiger partial charge on any atom is 0.271 e. The van der Waals surface area contributed by atoms with Gasteiger partial charge in [-0.1, -0.05) is 47.7 Å². The molecule has 8 heteroatoms. The number of aromatic nitrogens is 1. The molecule has 2 aliphatic rings. The molecule has 0 saturated heterocycles. The van der Waals surface area contributed by atoms with Crippen LogP contribution in [0.4, 0.5) is 4.39 Å². The first-order chi connectivity index (χ1) is 16.9. The minimum absolute atomic E-state index is 0.119. The second-order valence-electron chi connectivity index (χ2n) is 8.50. The number of thiazole rings is 1. The molecule has 4 aromatic rings. The van der Waals surface area contributed by atoms with Gasteiger partial charge in [0.2, 0.25) is 0 Å². The molecule has 0 radical (unpaired) electrons. The van der Waals surface area contributed by atoms with Gasteiger partial charge in [0, 0.05) is 5.56 Å². The van der Waals surface area contributed by atoms with E-state index in [2.05, 4.69) is 57.3 Å². The van der Waals surface area contributed by atoms with E-state index in [0.717, 1.165) is 47.9 Å². The zero-order valence-corrected chi connectivity index (χ0v) is 23.3. The average molecular weight is 706 g/mol. The van der Waals surface area contributed by atoms with Gasteiger partial charge in [0.05, 0.1) is 23.4 Å². The Morgan fingerprint density at radius 3 is 2.51 bits per heavy atom. The molecule has 0 amide bonds. The summed E-state index contributed by atoms with van der Waals surface area (Å²) in [6.07, 6.45) is 3.51. The first-order valence-electron chi connectivity index (χ1n) is 11.0. The maximum atomic E-state index is 13.8. The van der Waals surface area contributed by atoms with Crippen LogP contribution in [-0.2, 0) is 6.42 Å². The number of allylic oxidation sites excluding steroid dienone is 1. The standard InChI is InChI=1S/C27H17FI2N2O2S/c28-17-8-5-16(6-9-17)24-19-10-7-15-3-1-2-4-18(15)23(19)31-27-32(24)26(34)22(35-27)13-14-11-20(29)25(33)21(30)12-14/h1-6,8-9,11-13,24,33H,7,10H2/b22-13+/t24-/m0/s1. The number of rotatable bonds is 2. The van der Waals surface area contributed by atoms with E-state index >= 15 is 0 Å². The second kappa shape index (κ2) is 8.97. The molecule has 1 aliphatic carbocycles. The monoisotopic (exact) mass is 706 g/mol. The number of aryl methyl sites for hydroxylation is 1. The number of aromatic hydroxyl groups is 1. The Hall–Kier alpha value is -2.31. The summed E-state index contributed by atoms with van der Waals surface area (Å²) in [6, 6.07) is 18.1. The predicted molar refractivity (Wildman–Crippen MR) is 153 cm³/mol. The zero-order chi connectivity index (χ0) is 24.3. The first-order valence-corrected chi connectivity index (χ1v) is 13.9. The molecule has 0 saturated carbocycles. The number of benzene rings is 3.